The Kier molecular flexibility index (Phi) is 4.35. The van der Waals surface area contributed by atoms with E-state index in [2.05, 4.69) is 10.3 Å². The molecule has 1 heterocycles. The highest BCUT2D eigenvalue weighted by atomic mass is 16.1. The molecule has 0 aliphatic rings. The van der Waals surface area contributed by atoms with Crippen molar-refractivity contribution >= 4 is 5.91 Å². The molecule has 104 valence electrons. The molecule has 0 aliphatic carbocycles. The lowest BCUT2D eigenvalue weighted by atomic mass is 10.0. The van der Waals surface area contributed by atoms with Crippen molar-refractivity contribution in [2.45, 2.75) is 26.8 Å². The number of H-pyrrole nitrogens is 1. The lowest BCUT2D eigenvalue weighted by Crippen LogP contribution is -2.25. The molecule has 0 radical (unpaired) electrons. The van der Waals surface area contributed by atoms with Gasteiger partial charge in [0.05, 0.1) is 6.42 Å². The van der Waals surface area contributed by atoms with E-state index in [1.165, 1.54) is 6.07 Å². The molecule has 1 aromatic heterocycles. The van der Waals surface area contributed by atoms with Gasteiger partial charge in [-0.3, -0.25) is 9.59 Å². The Hall–Kier alpha value is -2.36. The minimum atomic E-state index is -0.143. The number of benzene rings is 1. The van der Waals surface area contributed by atoms with Crippen LogP contribution in [0, 0.1) is 13.8 Å². The number of carbonyl (C=O) groups is 1. The monoisotopic (exact) mass is 270 g/mol. The van der Waals surface area contributed by atoms with Gasteiger partial charge in [0.25, 0.3) is 0 Å². The van der Waals surface area contributed by atoms with Crippen molar-refractivity contribution in [2.75, 3.05) is 0 Å². The van der Waals surface area contributed by atoms with Gasteiger partial charge in [-0.25, -0.2) is 0 Å². The van der Waals surface area contributed by atoms with Gasteiger partial charge >= 0.3 is 0 Å². The minimum absolute atomic E-state index is 0.0232. The molecule has 0 saturated carbocycles. The maximum atomic E-state index is 11.9. The van der Waals surface area contributed by atoms with E-state index in [1.54, 1.807) is 12.3 Å². The summed E-state index contributed by atoms with van der Waals surface area (Å²) < 4.78 is 0. The van der Waals surface area contributed by atoms with Crippen LogP contribution in [-0.2, 0) is 17.8 Å². The molecule has 1 amide bonds. The fourth-order valence-corrected chi connectivity index (χ4v) is 1.98. The molecule has 0 saturated heterocycles. The van der Waals surface area contributed by atoms with E-state index < -0.39 is 0 Å². The molecule has 0 bridgehead atoms. The van der Waals surface area contributed by atoms with E-state index in [0.717, 1.165) is 22.3 Å². The van der Waals surface area contributed by atoms with E-state index in [0.29, 0.717) is 13.0 Å². The zero-order valence-electron chi connectivity index (χ0n) is 11.7. The van der Waals surface area contributed by atoms with Crippen LogP contribution >= 0.6 is 0 Å². The van der Waals surface area contributed by atoms with Crippen molar-refractivity contribution in [1.82, 2.24) is 10.3 Å². The van der Waals surface area contributed by atoms with Crippen molar-refractivity contribution in [3.05, 3.63) is 69.1 Å². The molecule has 2 rings (SSSR count). The largest absolute Gasteiger partial charge is 0.352 e. The number of nitrogens with one attached hydrogen (secondary N) is 2. The zero-order chi connectivity index (χ0) is 14.5. The quantitative estimate of drug-likeness (QED) is 0.890. The van der Waals surface area contributed by atoms with E-state index >= 15 is 0 Å². The number of aromatic amines is 1. The van der Waals surface area contributed by atoms with E-state index in [-0.39, 0.29) is 11.5 Å². The van der Waals surface area contributed by atoms with Gasteiger partial charge in [-0.15, -0.1) is 0 Å². The summed E-state index contributed by atoms with van der Waals surface area (Å²) in [7, 11) is 0. The molecular weight excluding hydrogens is 252 g/mol. The smallest absolute Gasteiger partial charge is 0.247 e. The van der Waals surface area contributed by atoms with Crippen molar-refractivity contribution in [2.24, 2.45) is 0 Å². The van der Waals surface area contributed by atoms with E-state index in [1.807, 2.05) is 32.0 Å². The Labute approximate surface area is 117 Å². The summed E-state index contributed by atoms with van der Waals surface area (Å²) in [6, 6.07) is 9.26. The van der Waals surface area contributed by atoms with Gasteiger partial charge in [-0.1, -0.05) is 29.8 Å². The lowest BCUT2D eigenvalue weighted by molar-refractivity contribution is -0.120. The van der Waals surface area contributed by atoms with Crippen LogP contribution < -0.4 is 10.9 Å². The third-order valence-electron chi connectivity index (χ3n) is 3.19. The molecule has 4 heteroatoms. The maximum Gasteiger partial charge on any atom is 0.247 e. The molecule has 2 aromatic rings. The van der Waals surface area contributed by atoms with E-state index in [9.17, 15) is 9.59 Å². The average molecular weight is 270 g/mol. The summed E-state index contributed by atoms with van der Waals surface area (Å²) in [5.41, 5.74) is 4.05. The first-order valence-corrected chi connectivity index (χ1v) is 6.55. The molecule has 0 fully saturated rings. The first-order chi connectivity index (χ1) is 9.54. The topological polar surface area (TPSA) is 62.0 Å². The highest BCUT2D eigenvalue weighted by Crippen LogP contribution is 2.11. The van der Waals surface area contributed by atoms with Gasteiger partial charge in [0.15, 0.2) is 0 Å². The van der Waals surface area contributed by atoms with Crippen LogP contribution in [0.1, 0.15) is 22.3 Å². The Morgan fingerprint density at radius 1 is 1.20 bits per heavy atom. The lowest BCUT2D eigenvalue weighted by Gasteiger charge is -2.08. The van der Waals surface area contributed by atoms with Crippen molar-refractivity contribution in [3.63, 3.8) is 0 Å². The summed E-state index contributed by atoms with van der Waals surface area (Å²) in [6.45, 7) is 4.44. The van der Waals surface area contributed by atoms with Gasteiger partial charge < -0.3 is 10.3 Å². The molecule has 0 unspecified atom stereocenters. The second-order valence-electron chi connectivity index (χ2n) is 4.94. The summed E-state index contributed by atoms with van der Waals surface area (Å²) >= 11 is 0. The zero-order valence-corrected chi connectivity index (χ0v) is 11.7. The minimum Gasteiger partial charge on any atom is -0.352 e. The van der Waals surface area contributed by atoms with Gasteiger partial charge in [-0.05, 0) is 30.5 Å². The van der Waals surface area contributed by atoms with Crippen LogP contribution in [0.3, 0.4) is 0 Å². The Morgan fingerprint density at radius 3 is 2.70 bits per heavy atom. The number of hydrogen-bond acceptors (Lipinski definition) is 2. The fourth-order valence-electron chi connectivity index (χ4n) is 1.98. The summed E-state index contributed by atoms with van der Waals surface area (Å²) in [5, 5.41) is 2.85. The van der Waals surface area contributed by atoms with Crippen LogP contribution in [0.5, 0.6) is 0 Å². The molecule has 4 nitrogen and oxygen atoms in total. The van der Waals surface area contributed by atoms with Crippen LogP contribution in [-0.4, -0.2) is 10.9 Å². The number of rotatable bonds is 4. The fraction of sp³-hybridized carbons (Fsp3) is 0.250. The molecule has 2 N–H and O–H groups in total. The first kappa shape index (κ1) is 14.1. The third kappa shape index (κ3) is 3.82. The maximum absolute atomic E-state index is 11.9. The highest BCUT2D eigenvalue weighted by molar-refractivity contribution is 5.78. The number of aromatic nitrogens is 1. The van der Waals surface area contributed by atoms with Gasteiger partial charge in [0.2, 0.25) is 11.5 Å². The Bertz CT molecular complexity index is 654. The molecule has 20 heavy (non-hydrogen) atoms. The Balaban J connectivity index is 1.94. The average Bonchev–Trinajstić information content (AvgIpc) is 2.42. The van der Waals surface area contributed by atoms with Crippen molar-refractivity contribution in [3.8, 4) is 0 Å². The van der Waals surface area contributed by atoms with Crippen molar-refractivity contribution < 1.29 is 4.79 Å². The SMILES string of the molecule is Cc1ccc(C)c(CC(=O)NCc2ccc(=O)[nH]c2)c1. The predicted octanol–water partition coefficient (Wildman–Crippen LogP) is 1.85. The summed E-state index contributed by atoms with van der Waals surface area (Å²) in [4.78, 5) is 25.4. The first-order valence-electron chi connectivity index (χ1n) is 6.55. The number of carbonyl (C=O) groups excluding carboxylic acids is 1. The molecule has 0 aliphatic heterocycles. The molecule has 1 aromatic carbocycles. The standard InChI is InChI=1S/C16H18N2O2/c1-11-3-4-12(2)14(7-11)8-16(20)18-10-13-5-6-15(19)17-9-13/h3-7,9H,8,10H2,1-2H3,(H,17,19)(H,18,20). The Morgan fingerprint density at radius 2 is 2.00 bits per heavy atom. The normalized spacial score (nSPS) is 10.3. The number of pyridine rings is 1. The van der Waals surface area contributed by atoms with Crippen LogP contribution in [0.15, 0.2) is 41.3 Å². The second-order valence-corrected chi connectivity index (χ2v) is 4.94. The molecular formula is C16H18N2O2. The number of hydrogen-bond donors (Lipinski definition) is 2. The molecule has 0 spiro atoms. The van der Waals surface area contributed by atoms with Crippen LogP contribution in [0.2, 0.25) is 0 Å². The molecule has 0 atom stereocenters. The van der Waals surface area contributed by atoms with Gasteiger partial charge in [-0.2, -0.15) is 0 Å². The van der Waals surface area contributed by atoms with Gasteiger partial charge in [0, 0.05) is 18.8 Å². The van der Waals surface area contributed by atoms with Crippen molar-refractivity contribution in [1.29, 1.82) is 0 Å². The second kappa shape index (κ2) is 6.19. The summed E-state index contributed by atoms with van der Waals surface area (Å²) in [5.74, 6) is -0.0232. The summed E-state index contributed by atoms with van der Waals surface area (Å²) in [6.07, 6.45) is 1.98. The predicted molar refractivity (Wildman–Crippen MR) is 78.5 cm³/mol. The number of aryl methyl sites for hydroxylation is 2. The van der Waals surface area contributed by atoms with E-state index in [4.69, 9.17) is 0 Å². The van der Waals surface area contributed by atoms with Crippen LogP contribution in [0.25, 0.3) is 0 Å². The number of amides is 1. The highest BCUT2D eigenvalue weighted by Gasteiger charge is 2.06. The third-order valence-corrected chi connectivity index (χ3v) is 3.19. The van der Waals surface area contributed by atoms with Crippen LogP contribution in [0.4, 0.5) is 0 Å². The van der Waals surface area contributed by atoms with Gasteiger partial charge in [0.1, 0.15) is 0 Å².